The van der Waals surface area contributed by atoms with Crippen LogP contribution in [0.2, 0.25) is 0 Å². The summed E-state index contributed by atoms with van der Waals surface area (Å²) >= 11 is 0. The molecule has 1 heterocycles. The van der Waals surface area contributed by atoms with Crippen molar-refractivity contribution < 1.29 is 18.7 Å². The van der Waals surface area contributed by atoms with Gasteiger partial charge in [-0.25, -0.2) is 13.9 Å². The number of aryl methyl sites for hydroxylation is 1. The van der Waals surface area contributed by atoms with E-state index in [1.54, 1.807) is 24.3 Å². The van der Waals surface area contributed by atoms with Crippen LogP contribution in [0.15, 0.2) is 53.3 Å². The number of carbonyl (C=O) groups excluding carboxylic acids is 2. The number of carbonyl (C=O) groups is 2. The molecule has 0 unspecified atom stereocenters. The number of fused-ring (bicyclic) bond motifs is 1. The fourth-order valence-corrected chi connectivity index (χ4v) is 2.57. The summed E-state index contributed by atoms with van der Waals surface area (Å²) in [5, 5.41) is 4.64. The molecule has 1 aromatic heterocycles. The Kier molecular flexibility index (Phi) is 4.62. The quantitative estimate of drug-likeness (QED) is 0.531. The molecular weight excluding hydrogens is 339 g/mol. The second-order valence-corrected chi connectivity index (χ2v) is 5.74. The summed E-state index contributed by atoms with van der Waals surface area (Å²) in [4.78, 5) is 37.0. The van der Waals surface area contributed by atoms with Gasteiger partial charge in [0.25, 0.3) is 5.56 Å². The minimum atomic E-state index is -1.09. The molecule has 0 saturated carbocycles. The van der Waals surface area contributed by atoms with Crippen LogP contribution in [0.4, 0.5) is 4.39 Å². The van der Waals surface area contributed by atoms with Crippen molar-refractivity contribution in [3.63, 3.8) is 0 Å². The van der Waals surface area contributed by atoms with Gasteiger partial charge in [-0.1, -0.05) is 18.2 Å². The number of ketones is 1. The van der Waals surface area contributed by atoms with E-state index in [9.17, 15) is 18.8 Å². The molecule has 7 heteroatoms. The molecule has 3 aromatic rings. The fraction of sp³-hybridized carbons (Fsp3) is 0.158. The number of ether oxygens (including phenoxy) is 1. The van der Waals surface area contributed by atoms with Gasteiger partial charge < -0.3 is 4.74 Å². The summed E-state index contributed by atoms with van der Waals surface area (Å²) in [5.74, 6) is -1.75. The Morgan fingerprint density at radius 2 is 1.69 bits per heavy atom. The van der Waals surface area contributed by atoms with Gasteiger partial charge in [0.15, 0.2) is 11.8 Å². The first-order valence-corrected chi connectivity index (χ1v) is 7.85. The highest BCUT2D eigenvalue weighted by Gasteiger charge is 2.23. The topological polar surface area (TPSA) is 78.3 Å². The van der Waals surface area contributed by atoms with Gasteiger partial charge in [-0.2, -0.15) is 5.10 Å². The van der Waals surface area contributed by atoms with Gasteiger partial charge in [0.05, 0.1) is 5.39 Å². The summed E-state index contributed by atoms with van der Waals surface area (Å²) in [7, 11) is 1.43. The van der Waals surface area contributed by atoms with E-state index in [1.807, 2.05) is 0 Å². The lowest BCUT2D eigenvalue weighted by atomic mass is 10.1. The van der Waals surface area contributed by atoms with Crippen LogP contribution in [-0.2, 0) is 11.8 Å². The van der Waals surface area contributed by atoms with Crippen molar-refractivity contribution in [2.75, 3.05) is 0 Å². The fourth-order valence-electron chi connectivity index (χ4n) is 2.57. The Balaban J connectivity index is 1.89. The van der Waals surface area contributed by atoms with Crippen LogP contribution in [0, 0.1) is 5.82 Å². The average Bonchev–Trinajstić information content (AvgIpc) is 2.64. The first-order valence-electron chi connectivity index (χ1n) is 7.85. The zero-order valence-corrected chi connectivity index (χ0v) is 14.1. The van der Waals surface area contributed by atoms with Crippen molar-refractivity contribution in [3.8, 4) is 0 Å². The van der Waals surface area contributed by atoms with Crippen molar-refractivity contribution in [2.24, 2.45) is 7.05 Å². The van der Waals surface area contributed by atoms with Gasteiger partial charge >= 0.3 is 5.97 Å². The predicted octanol–water partition coefficient (Wildman–Crippen LogP) is 2.50. The highest BCUT2D eigenvalue weighted by atomic mass is 19.1. The molecule has 0 bridgehead atoms. The van der Waals surface area contributed by atoms with Crippen molar-refractivity contribution >= 4 is 22.5 Å². The van der Waals surface area contributed by atoms with Gasteiger partial charge in [-0.15, -0.1) is 0 Å². The van der Waals surface area contributed by atoms with E-state index in [0.717, 1.165) is 16.8 Å². The maximum Gasteiger partial charge on any atom is 0.360 e. The zero-order valence-electron chi connectivity index (χ0n) is 14.1. The zero-order chi connectivity index (χ0) is 18.8. The molecule has 0 radical (unpaired) electrons. The van der Waals surface area contributed by atoms with E-state index in [2.05, 4.69) is 5.10 Å². The molecule has 0 aliphatic heterocycles. The van der Waals surface area contributed by atoms with Gasteiger partial charge in [-0.05, 0) is 37.3 Å². The Morgan fingerprint density at radius 3 is 2.35 bits per heavy atom. The van der Waals surface area contributed by atoms with Gasteiger partial charge in [0, 0.05) is 18.0 Å². The second kappa shape index (κ2) is 6.87. The van der Waals surface area contributed by atoms with Crippen LogP contribution >= 0.6 is 0 Å². The van der Waals surface area contributed by atoms with Gasteiger partial charge in [0.2, 0.25) is 5.78 Å². The molecule has 0 aliphatic rings. The van der Waals surface area contributed by atoms with Crippen molar-refractivity contribution in [3.05, 3.63) is 76.0 Å². The van der Waals surface area contributed by atoms with Crippen LogP contribution < -0.4 is 5.56 Å². The van der Waals surface area contributed by atoms with Crippen LogP contribution in [0.1, 0.15) is 27.8 Å². The van der Waals surface area contributed by atoms with Crippen LogP contribution in [0.3, 0.4) is 0 Å². The molecule has 3 rings (SSSR count). The maximum absolute atomic E-state index is 13.0. The monoisotopic (exact) mass is 354 g/mol. The van der Waals surface area contributed by atoms with E-state index in [0.29, 0.717) is 10.8 Å². The number of hydrogen-bond donors (Lipinski definition) is 0. The minimum Gasteiger partial charge on any atom is -0.449 e. The number of benzene rings is 2. The van der Waals surface area contributed by atoms with Crippen LogP contribution in [0.25, 0.3) is 10.8 Å². The molecule has 0 amide bonds. The molecule has 0 saturated heterocycles. The van der Waals surface area contributed by atoms with E-state index < -0.39 is 23.7 Å². The largest absolute Gasteiger partial charge is 0.449 e. The summed E-state index contributed by atoms with van der Waals surface area (Å²) in [6.45, 7) is 1.42. The third-order valence-corrected chi connectivity index (χ3v) is 3.93. The molecule has 0 spiro atoms. The van der Waals surface area contributed by atoms with E-state index in [-0.39, 0.29) is 16.8 Å². The first kappa shape index (κ1) is 17.5. The first-order chi connectivity index (χ1) is 12.4. The molecule has 0 fully saturated rings. The molecule has 132 valence electrons. The van der Waals surface area contributed by atoms with Crippen molar-refractivity contribution in [1.82, 2.24) is 9.78 Å². The standard InChI is InChI=1S/C19H15FN2O4/c1-11(17(23)12-7-9-13(20)10-8-12)26-19(25)16-14-5-3-4-6-15(14)18(24)22(2)21-16/h3-11H,1-2H3/t11-/m1/s1. The summed E-state index contributed by atoms with van der Waals surface area (Å²) < 4.78 is 19.2. The van der Waals surface area contributed by atoms with E-state index in [1.165, 1.54) is 26.1 Å². The van der Waals surface area contributed by atoms with Crippen LogP contribution in [0.5, 0.6) is 0 Å². The summed E-state index contributed by atoms with van der Waals surface area (Å²) in [6, 6.07) is 11.5. The highest BCUT2D eigenvalue weighted by molar-refractivity contribution is 6.05. The number of Topliss-reactive ketones (excluding diaryl/α,β-unsaturated/α-hetero) is 1. The lowest BCUT2D eigenvalue weighted by molar-refractivity contribution is 0.0313. The van der Waals surface area contributed by atoms with Crippen molar-refractivity contribution in [1.29, 1.82) is 0 Å². The third kappa shape index (κ3) is 3.23. The SMILES string of the molecule is C[C@@H](OC(=O)c1nn(C)c(=O)c2ccccc12)C(=O)c1ccc(F)cc1. The number of aromatic nitrogens is 2. The smallest absolute Gasteiger partial charge is 0.360 e. The summed E-state index contributed by atoms with van der Waals surface area (Å²) in [5.41, 5.74) is -0.168. The predicted molar refractivity (Wildman–Crippen MR) is 92.6 cm³/mol. The van der Waals surface area contributed by atoms with Gasteiger partial charge in [0.1, 0.15) is 5.82 Å². The summed E-state index contributed by atoms with van der Waals surface area (Å²) in [6.07, 6.45) is -1.09. The Hall–Kier alpha value is -3.35. The van der Waals surface area contributed by atoms with Crippen LogP contribution in [-0.4, -0.2) is 27.6 Å². The Morgan fingerprint density at radius 1 is 1.08 bits per heavy atom. The average molecular weight is 354 g/mol. The molecule has 2 aromatic carbocycles. The number of esters is 1. The third-order valence-electron chi connectivity index (χ3n) is 3.93. The van der Waals surface area contributed by atoms with Crippen molar-refractivity contribution in [2.45, 2.75) is 13.0 Å². The Bertz CT molecular complexity index is 1060. The number of halogens is 1. The maximum atomic E-state index is 13.0. The number of nitrogens with zero attached hydrogens (tertiary/aromatic N) is 2. The Labute approximate surface area is 147 Å². The minimum absolute atomic E-state index is 0.0542. The molecule has 0 N–H and O–H groups in total. The number of hydrogen-bond acceptors (Lipinski definition) is 5. The molecule has 1 atom stereocenters. The second-order valence-electron chi connectivity index (χ2n) is 5.74. The lowest BCUT2D eigenvalue weighted by Gasteiger charge is -2.13. The normalized spacial score (nSPS) is 12.0. The van der Waals surface area contributed by atoms with E-state index in [4.69, 9.17) is 4.74 Å². The molecular formula is C19H15FN2O4. The lowest BCUT2D eigenvalue weighted by Crippen LogP contribution is -2.28. The molecule has 6 nitrogen and oxygen atoms in total. The number of rotatable bonds is 4. The van der Waals surface area contributed by atoms with Gasteiger partial charge in [-0.3, -0.25) is 9.59 Å². The molecule has 0 aliphatic carbocycles. The highest BCUT2D eigenvalue weighted by Crippen LogP contribution is 2.16. The molecule has 26 heavy (non-hydrogen) atoms. The van der Waals surface area contributed by atoms with E-state index >= 15 is 0 Å².